The van der Waals surface area contributed by atoms with Crippen molar-refractivity contribution in [2.24, 2.45) is 11.1 Å². The SMILES string of the molecule is CNCC1(C(N)c2ccc3oc(=O)[nH]c3c2)CC1. The smallest absolute Gasteiger partial charge is 0.408 e. The van der Waals surface area contributed by atoms with Gasteiger partial charge >= 0.3 is 5.76 Å². The summed E-state index contributed by atoms with van der Waals surface area (Å²) in [5, 5.41) is 3.21. The summed E-state index contributed by atoms with van der Waals surface area (Å²) < 4.78 is 4.99. The third-order valence-corrected chi connectivity index (χ3v) is 3.88. The third kappa shape index (κ3) is 1.76. The Morgan fingerprint density at radius 3 is 3.00 bits per heavy atom. The molecule has 0 radical (unpaired) electrons. The number of aromatic amines is 1. The van der Waals surface area contributed by atoms with E-state index in [1.807, 2.05) is 19.2 Å². The number of H-pyrrole nitrogens is 1. The molecule has 0 saturated heterocycles. The van der Waals surface area contributed by atoms with Gasteiger partial charge in [0.25, 0.3) is 0 Å². The van der Waals surface area contributed by atoms with Crippen molar-refractivity contribution in [3.8, 4) is 0 Å². The maximum atomic E-state index is 11.1. The minimum atomic E-state index is -0.424. The molecule has 0 aliphatic heterocycles. The molecule has 1 saturated carbocycles. The molecule has 0 spiro atoms. The molecule has 0 amide bonds. The first-order valence-corrected chi connectivity index (χ1v) is 6.18. The van der Waals surface area contributed by atoms with Crippen molar-refractivity contribution in [1.29, 1.82) is 0 Å². The van der Waals surface area contributed by atoms with Crippen molar-refractivity contribution in [2.45, 2.75) is 18.9 Å². The quantitative estimate of drug-likeness (QED) is 0.756. The number of oxazole rings is 1. The van der Waals surface area contributed by atoms with Crippen LogP contribution in [0, 0.1) is 5.41 Å². The minimum absolute atomic E-state index is 0.00671. The lowest BCUT2D eigenvalue weighted by molar-refractivity contribution is 0.392. The lowest BCUT2D eigenvalue weighted by atomic mass is 9.90. The Bertz CT molecular complexity index is 624. The Kier molecular flexibility index (Phi) is 2.53. The molecule has 5 heteroatoms. The second kappa shape index (κ2) is 3.96. The van der Waals surface area contributed by atoms with Crippen molar-refractivity contribution in [3.63, 3.8) is 0 Å². The standard InChI is InChI=1S/C13H17N3O2/c1-15-7-13(4-5-13)11(14)8-2-3-10-9(6-8)16-12(17)18-10/h2-3,6,11,15H,4-5,7,14H2,1H3,(H,16,17). The summed E-state index contributed by atoms with van der Waals surface area (Å²) in [6, 6.07) is 5.66. The van der Waals surface area contributed by atoms with Gasteiger partial charge in [-0.15, -0.1) is 0 Å². The molecule has 1 atom stereocenters. The molecule has 1 fully saturated rings. The first kappa shape index (κ1) is 11.5. The highest BCUT2D eigenvalue weighted by atomic mass is 16.4. The molecular weight excluding hydrogens is 230 g/mol. The molecular formula is C13H17N3O2. The second-order valence-corrected chi connectivity index (χ2v) is 5.14. The topological polar surface area (TPSA) is 84.0 Å². The van der Waals surface area contributed by atoms with E-state index < -0.39 is 5.76 Å². The molecule has 5 nitrogen and oxygen atoms in total. The number of hydrogen-bond donors (Lipinski definition) is 3. The van der Waals surface area contributed by atoms with Gasteiger partial charge in [0.2, 0.25) is 0 Å². The highest BCUT2D eigenvalue weighted by molar-refractivity contribution is 5.73. The van der Waals surface area contributed by atoms with Crippen LogP contribution in [0.5, 0.6) is 0 Å². The Morgan fingerprint density at radius 2 is 2.33 bits per heavy atom. The Labute approximate surface area is 104 Å². The average molecular weight is 247 g/mol. The van der Waals surface area contributed by atoms with Crippen LogP contribution < -0.4 is 16.8 Å². The van der Waals surface area contributed by atoms with Crippen LogP contribution >= 0.6 is 0 Å². The average Bonchev–Trinajstić information content (AvgIpc) is 3.02. The van der Waals surface area contributed by atoms with Crippen LogP contribution in [0.4, 0.5) is 0 Å². The maximum absolute atomic E-state index is 11.1. The molecule has 18 heavy (non-hydrogen) atoms. The molecule has 3 rings (SSSR count). The van der Waals surface area contributed by atoms with Gasteiger partial charge in [0.1, 0.15) is 0 Å². The number of rotatable bonds is 4. The highest BCUT2D eigenvalue weighted by Gasteiger charge is 2.47. The van der Waals surface area contributed by atoms with Crippen LogP contribution in [0.1, 0.15) is 24.4 Å². The number of nitrogens with one attached hydrogen (secondary N) is 2. The van der Waals surface area contributed by atoms with Gasteiger partial charge in [0.05, 0.1) is 5.52 Å². The van der Waals surface area contributed by atoms with Crippen LogP contribution in [0.25, 0.3) is 11.1 Å². The van der Waals surface area contributed by atoms with Crippen molar-refractivity contribution < 1.29 is 4.42 Å². The van der Waals surface area contributed by atoms with Gasteiger partial charge in [-0.3, -0.25) is 4.98 Å². The van der Waals surface area contributed by atoms with Gasteiger partial charge in [0.15, 0.2) is 5.58 Å². The summed E-state index contributed by atoms with van der Waals surface area (Å²) in [6.45, 7) is 0.925. The Morgan fingerprint density at radius 1 is 1.56 bits per heavy atom. The lowest BCUT2D eigenvalue weighted by Gasteiger charge is -2.23. The molecule has 4 N–H and O–H groups in total. The normalized spacial score (nSPS) is 19.0. The zero-order valence-electron chi connectivity index (χ0n) is 10.3. The van der Waals surface area contributed by atoms with E-state index in [0.717, 1.165) is 24.9 Å². The minimum Gasteiger partial charge on any atom is -0.408 e. The van der Waals surface area contributed by atoms with Crippen LogP contribution in [0.2, 0.25) is 0 Å². The van der Waals surface area contributed by atoms with Crippen LogP contribution in [0.15, 0.2) is 27.4 Å². The van der Waals surface area contributed by atoms with E-state index in [9.17, 15) is 4.79 Å². The van der Waals surface area contributed by atoms with E-state index in [4.69, 9.17) is 10.2 Å². The van der Waals surface area contributed by atoms with E-state index in [2.05, 4.69) is 10.3 Å². The van der Waals surface area contributed by atoms with E-state index >= 15 is 0 Å². The van der Waals surface area contributed by atoms with Crippen molar-refractivity contribution in [2.75, 3.05) is 13.6 Å². The fraction of sp³-hybridized carbons (Fsp3) is 0.462. The number of hydrogen-bond acceptors (Lipinski definition) is 4. The molecule has 1 aromatic heterocycles. The fourth-order valence-electron chi connectivity index (χ4n) is 2.63. The summed E-state index contributed by atoms with van der Waals surface area (Å²) in [4.78, 5) is 13.8. The number of nitrogens with two attached hydrogens (primary N) is 1. The number of aromatic nitrogens is 1. The largest absolute Gasteiger partial charge is 0.417 e. The Hall–Kier alpha value is -1.59. The molecule has 1 heterocycles. The fourth-order valence-corrected chi connectivity index (χ4v) is 2.63. The molecule has 0 bridgehead atoms. The van der Waals surface area contributed by atoms with Gasteiger partial charge in [-0.25, -0.2) is 4.79 Å². The first-order valence-electron chi connectivity index (χ1n) is 6.18. The maximum Gasteiger partial charge on any atom is 0.417 e. The first-order chi connectivity index (χ1) is 8.64. The van der Waals surface area contributed by atoms with Crippen molar-refractivity contribution in [1.82, 2.24) is 10.3 Å². The second-order valence-electron chi connectivity index (χ2n) is 5.14. The number of benzene rings is 1. The molecule has 1 unspecified atom stereocenters. The van der Waals surface area contributed by atoms with E-state index in [1.165, 1.54) is 0 Å². The number of fused-ring (bicyclic) bond motifs is 1. The predicted molar refractivity (Wildman–Crippen MR) is 69.4 cm³/mol. The van der Waals surface area contributed by atoms with Crippen LogP contribution in [-0.2, 0) is 0 Å². The van der Waals surface area contributed by atoms with Gasteiger partial charge in [-0.05, 0) is 37.6 Å². The third-order valence-electron chi connectivity index (χ3n) is 3.88. The summed E-state index contributed by atoms with van der Waals surface area (Å²) in [6.07, 6.45) is 2.30. The van der Waals surface area contributed by atoms with Gasteiger partial charge in [0, 0.05) is 18.0 Å². The molecule has 2 aromatic rings. The van der Waals surface area contributed by atoms with Gasteiger partial charge in [-0.2, -0.15) is 0 Å². The summed E-state index contributed by atoms with van der Waals surface area (Å²) in [7, 11) is 1.95. The van der Waals surface area contributed by atoms with E-state index in [0.29, 0.717) is 11.1 Å². The van der Waals surface area contributed by atoms with Crippen molar-refractivity contribution in [3.05, 3.63) is 34.3 Å². The molecule has 96 valence electrons. The lowest BCUT2D eigenvalue weighted by Crippen LogP contribution is -2.31. The highest BCUT2D eigenvalue weighted by Crippen LogP contribution is 2.53. The molecule has 1 aliphatic carbocycles. The molecule has 1 aliphatic rings. The summed E-state index contributed by atoms with van der Waals surface area (Å²) in [5.74, 6) is -0.424. The van der Waals surface area contributed by atoms with Gasteiger partial charge in [-0.1, -0.05) is 6.07 Å². The van der Waals surface area contributed by atoms with Crippen LogP contribution in [-0.4, -0.2) is 18.6 Å². The summed E-state index contributed by atoms with van der Waals surface area (Å²) in [5.41, 5.74) is 8.87. The van der Waals surface area contributed by atoms with Crippen molar-refractivity contribution >= 4 is 11.1 Å². The predicted octanol–water partition coefficient (Wildman–Crippen LogP) is 1.12. The van der Waals surface area contributed by atoms with E-state index in [-0.39, 0.29) is 11.5 Å². The van der Waals surface area contributed by atoms with Crippen LogP contribution in [0.3, 0.4) is 0 Å². The zero-order chi connectivity index (χ0) is 12.8. The Balaban J connectivity index is 1.96. The molecule has 1 aromatic carbocycles. The monoisotopic (exact) mass is 247 g/mol. The summed E-state index contributed by atoms with van der Waals surface area (Å²) >= 11 is 0. The van der Waals surface area contributed by atoms with E-state index in [1.54, 1.807) is 6.07 Å². The van der Waals surface area contributed by atoms with Gasteiger partial charge < -0.3 is 15.5 Å². The zero-order valence-corrected chi connectivity index (χ0v) is 10.3.